The van der Waals surface area contributed by atoms with E-state index >= 15 is 0 Å². The Bertz CT molecular complexity index is 108. The molecule has 13 heavy (non-hydrogen) atoms. The van der Waals surface area contributed by atoms with Crippen LogP contribution in [-0.4, -0.2) is 59.1 Å². The molecule has 0 aliphatic carbocycles. The Labute approximate surface area is 81.2 Å². The lowest BCUT2D eigenvalue weighted by Gasteiger charge is -2.21. The van der Waals surface area contributed by atoms with E-state index < -0.39 is 0 Å². The number of nitrogens with one attached hydrogen (secondary N) is 1. The average molecular weight is 190 g/mol. The Morgan fingerprint density at radius 2 is 1.92 bits per heavy atom. The Hall–Kier alpha value is -0.160. The van der Waals surface area contributed by atoms with Crippen LogP contribution in [0.5, 0.6) is 0 Å². The quantitative estimate of drug-likeness (QED) is 0.436. The van der Waals surface area contributed by atoms with Crippen LogP contribution in [-0.2, 0) is 9.47 Å². The molecule has 0 heterocycles. The predicted molar refractivity (Wildman–Crippen MR) is 53.8 cm³/mol. The van der Waals surface area contributed by atoms with Crippen LogP contribution in [0.1, 0.15) is 6.42 Å². The van der Waals surface area contributed by atoms with Crippen LogP contribution in [0.4, 0.5) is 0 Å². The molecule has 4 nitrogen and oxygen atoms in total. The number of nitrogens with zero attached hydrogens (tertiary/aromatic N) is 1. The van der Waals surface area contributed by atoms with Gasteiger partial charge in [0.1, 0.15) is 0 Å². The van der Waals surface area contributed by atoms with Gasteiger partial charge in [0.05, 0.1) is 0 Å². The molecule has 80 valence electrons. The normalized spacial score (nSPS) is 11.5. The van der Waals surface area contributed by atoms with Gasteiger partial charge in [0.25, 0.3) is 0 Å². The second-order valence-corrected chi connectivity index (χ2v) is 3.12. The topological polar surface area (TPSA) is 33.7 Å². The monoisotopic (exact) mass is 190 g/mol. The second-order valence-electron chi connectivity index (χ2n) is 3.12. The summed E-state index contributed by atoms with van der Waals surface area (Å²) in [4.78, 5) is 2.20. The van der Waals surface area contributed by atoms with Gasteiger partial charge in [-0.25, -0.2) is 0 Å². The molecule has 0 unspecified atom stereocenters. The molecular formula is C9H22N2O2. The SMILES string of the molecule is CNCCCN(C)CC(OC)OC. The first-order chi connectivity index (χ1) is 6.24. The third-order valence-corrected chi connectivity index (χ3v) is 1.95. The molecule has 0 aromatic heterocycles. The minimum Gasteiger partial charge on any atom is -0.355 e. The Morgan fingerprint density at radius 3 is 2.38 bits per heavy atom. The van der Waals surface area contributed by atoms with Crippen molar-refractivity contribution in [2.45, 2.75) is 12.7 Å². The summed E-state index contributed by atoms with van der Waals surface area (Å²) in [6.45, 7) is 2.93. The van der Waals surface area contributed by atoms with Crippen LogP contribution < -0.4 is 5.32 Å². The molecule has 0 fully saturated rings. The summed E-state index contributed by atoms with van der Waals surface area (Å²) in [5, 5.41) is 3.12. The molecule has 0 rings (SSSR count). The van der Waals surface area contributed by atoms with Gasteiger partial charge >= 0.3 is 0 Å². The minimum absolute atomic E-state index is 0.111. The van der Waals surface area contributed by atoms with Crippen LogP contribution in [0, 0.1) is 0 Å². The molecule has 4 heteroatoms. The van der Waals surface area contributed by atoms with Crippen LogP contribution in [0.15, 0.2) is 0 Å². The number of hydrogen-bond acceptors (Lipinski definition) is 4. The highest BCUT2D eigenvalue weighted by Gasteiger charge is 2.07. The van der Waals surface area contributed by atoms with E-state index in [1.165, 1.54) is 0 Å². The van der Waals surface area contributed by atoms with E-state index in [1.54, 1.807) is 14.2 Å². The van der Waals surface area contributed by atoms with Gasteiger partial charge in [0.15, 0.2) is 6.29 Å². The molecule has 0 bridgehead atoms. The summed E-state index contributed by atoms with van der Waals surface area (Å²) in [6, 6.07) is 0. The first kappa shape index (κ1) is 12.8. The van der Waals surface area contributed by atoms with E-state index in [0.717, 1.165) is 26.1 Å². The predicted octanol–water partition coefficient (Wildman–Crippen LogP) is 0.147. The third kappa shape index (κ3) is 6.95. The molecule has 0 spiro atoms. The van der Waals surface area contributed by atoms with E-state index in [0.29, 0.717) is 0 Å². The second kappa shape index (κ2) is 8.44. The van der Waals surface area contributed by atoms with Crippen molar-refractivity contribution in [1.29, 1.82) is 0 Å². The van der Waals surface area contributed by atoms with E-state index in [-0.39, 0.29) is 6.29 Å². The van der Waals surface area contributed by atoms with E-state index in [4.69, 9.17) is 9.47 Å². The molecule has 0 aromatic carbocycles. The van der Waals surface area contributed by atoms with Crippen LogP contribution in [0.25, 0.3) is 0 Å². The van der Waals surface area contributed by atoms with Gasteiger partial charge in [-0.3, -0.25) is 0 Å². The van der Waals surface area contributed by atoms with Gasteiger partial charge in [0.2, 0.25) is 0 Å². The summed E-state index contributed by atoms with van der Waals surface area (Å²) < 4.78 is 10.2. The summed E-state index contributed by atoms with van der Waals surface area (Å²) in [6.07, 6.45) is 1.03. The Morgan fingerprint density at radius 1 is 1.31 bits per heavy atom. The van der Waals surface area contributed by atoms with Crippen molar-refractivity contribution in [3.8, 4) is 0 Å². The maximum atomic E-state index is 5.10. The van der Waals surface area contributed by atoms with Crippen molar-refractivity contribution >= 4 is 0 Å². The zero-order chi connectivity index (χ0) is 10.1. The molecule has 0 atom stereocenters. The van der Waals surface area contributed by atoms with Gasteiger partial charge in [-0.1, -0.05) is 0 Å². The van der Waals surface area contributed by atoms with Gasteiger partial charge in [0, 0.05) is 20.8 Å². The average Bonchev–Trinajstić information content (AvgIpc) is 2.14. The fraction of sp³-hybridized carbons (Fsp3) is 1.00. The molecule has 0 saturated carbocycles. The van der Waals surface area contributed by atoms with Crippen molar-refractivity contribution in [1.82, 2.24) is 10.2 Å². The van der Waals surface area contributed by atoms with Gasteiger partial charge in [-0.05, 0) is 33.6 Å². The fourth-order valence-electron chi connectivity index (χ4n) is 1.12. The van der Waals surface area contributed by atoms with Gasteiger partial charge < -0.3 is 19.7 Å². The lowest BCUT2D eigenvalue weighted by molar-refractivity contribution is -0.113. The van der Waals surface area contributed by atoms with Gasteiger partial charge in [-0.15, -0.1) is 0 Å². The third-order valence-electron chi connectivity index (χ3n) is 1.95. The Kier molecular flexibility index (Phi) is 8.33. The number of hydrogen-bond donors (Lipinski definition) is 1. The summed E-state index contributed by atoms with van der Waals surface area (Å²) in [7, 11) is 7.36. The number of ether oxygens (including phenoxy) is 2. The summed E-state index contributed by atoms with van der Waals surface area (Å²) in [5.74, 6) is 0. The zero-order valence-electron chi connectivity index (χ0n) is 9.17. The van der Waals surface area contributed by atoms with E-state index in [1.807, 2.05) is 7.05 Å². The molecule has 0 saturated heterocycles. The highest BCUT2D eigenvalue weighted by atomic mass is 16.7. The fourth-order valence-corrected chi connectivity index (χ4v) is 1.12. The standard InChI is InChI=1S/C9H22N2O2/c1-10-6-5-7-11(2)8-9(12-3)13-4/h9-10H,5-8H2,1-4H3. The van der Waals surface area contributed by atoms with Crippen molar-refractivity contribution < 1.29 is 9.47 Å². The largest absolute Gasteiger partial charge is 0.355 e. The molecule has 1 N–H and O–H groups in total. The summed E-state index contributed by atoms with van der Waals surface area (Å²) in [5.41, 5.74) is 0. The first-order valence-corrected chi connectivity index (χ1v) is 4.63. The molecule has 0 amide bonds. The van der Waals surface area contributed by atoms with Crippen LogP contribution >= 0.6 is 0 Å². The van der Waals surface area contributed by atoms with E-state index in [2.05, 4.69) is 17.3 Å². The van der Waals surface area contributed by atoms with Crippen molar-refractivity contribution in [2.24, 2.45) is 0 Å². The first-order valence-electron chi connectivity index (χ1n) is 4.63. The maximum Gasteiger partial charge on any atom is 0.169 e. The highest BCUT2D eigenvalue weighted by molar-refractivity contribution is 4.55. The van der Waals surface area contributed by atoms with Crippen molar-refractivity contribution in [2.75, 3.05) is 47.9 Å². The lowest BCUT2D eigenvalue weighted by atomic mass is 10.4. The highest BCUT2D eigenvalue weighted by Crippen LogP contribution is 1.95. The van der Waals surface area contributed by atoms with Crippen molar-refractivity contribution in [3.05, 3.63) is 0 Å². The number of likely N-dealkylation sites (N-methyl/N-ethyl adjacent to an activating group) is 1. The molecular weight excluding hydrogens is 168 g/mol. The zero-order valence-corrected chi connectivity index (χ0v) is 9.17. The molecule has 0 aliphatic rings. The lowest BCUT2D eigenvalue weighted by Crippen LogP contribution is -2.33. The maximum absolute atomic E-state index is 5.10. The van der Waals surface area contributed by atoms with Crippen molar-refractivity contribution in [3.63, 3.8) is 0 Å². The van der Waals surface area contributed by atoms with Gasteiger partial charge in [-0.2, -0.15) is 0 Å². The minimum atomic E-state index is -0.111. The van der Waals surface area contributed by atoms with E-state index in [9.17, 15) is 0 Å². The van der Waals surface area contributed by atoms with Crippen LogP contribution in [0.2, 0.25) is 0 Å². The Balaban J connectivity index is 3.42. The van der Waals surface area contributed by atoms with Crippen LogP contribution in [0.3, 0.4) is 0 Å². The summed E-state index contributed by atoms with van der Waals surface area (Å²) >= 11 is 0. The molecule has 0 radical (unpaired) electrons. The smallest absolute Gasteiger partial charge is 0.169 e. The molecule has 0 aliphatic heterocycles. The number of methoxy groups -OCH3 is 2. The number of rotatable bonds is 8. The molecule has 0 aromatic rings.